The van der Waals surface area contributed by atoms with Crippen molar-refractivity contribution in [2.24, 2.45) is 11.8 Å². The number of ketones is 1. The zero-order valence-electron chi connectivity index (χ0n) is 20.7. The monoisotopic (exact) mass is 519 g/mol. The Balaban J connectivity index is 1.38. The van der Waals surface area contributed by atoms with Gasteiger partial charge in [-0.15, -0.1) is 22.7 Å². The fourth-order valence-corrected chi connectivity index (χ4v) is 6.89. The number of esters is 1. The highest BCUT2D eigenvalue weighted by molar-refractivity contribution is 7.12. The quantitative estimate of drug-likeness (QED) is 0.351. The minimum atomic E-state index is -0.415. The molecule has 36 heavy (non-hydrogen) atoms. The summed E-state index contributed by atoms with van der Waals surface area (Å²) in [6, 6.07) is 11.4. The molecule has 186 valence electrons. The van der Waals surface area contributed by atoms with Crippen LogP contribution in [0.2, 0.25) is 0 Å². The molecule has 1 fully saturated rings. The second-order valence-electron chi connectivity index (χ2n) is 9.82. The highest BCUT2D eigenvalue weighted by atomic mass is 32.1. The van der Waals surface area contributed by atoms with Crippen LogP contribution in [0.1, 0.15) is 60.9 Å². The third kappa shape index (κ3) is 4.82. The van der Waals surface area contributed by atoms with Crippen molar-refractivity contribution >= 4 is 45.9 Å². The van der Waals surface area contributed by atoms with Crippen LogP contribution < -0.4 is 0 Å². The van der Waals surface area contributed by atoms with Crippen molar-refractivity contribution < 1.29 is 19.1 Å². The van der Waals surface area contributed by atoms with Crippen molar-refractivity contribution in [3.63, 3.8) is 0 Å². The molecule has 1 aliphatic heterocycles. The lowest BCUT2D eigenvalue weighted by Crippen LogP contribution is -2.28. The maximum Gasteiger partial charge on any atom is 0.353 e. The smallest absolute Gasteiger partial charge is 0.353 e. The van der Waals surface area contributed by atoms with E-state index in [4.69, 9.17) is 4.74 Å². The Morgan fingerprint density at radius 2 is 1.69 bits per heavy atom. The number of hydrogen-bond acceptors (Lipinski definition) is 6. The summed E-state index contributed by atoms with van der Waals surface area (Å²) in [7, 11) is 0. The molecule has 1 aromatic carbocycles. The number of allylic oxidation sites excluding steroid dienone is 2. The number of likely N-dealkylation sites (tertiary alicyclic amines) is 1. The predicted molar refractivity (Wildman–Crippen MR) is 143 cm³/mol. The molecule has 7 heteroatoms. The minimum absolute atomic E-state index is 0.0436. The molecule has 1 aliphatic carbocycles. The number of Topliss-reactive ketones (excluding diaryl/α,β-unsaturated/α-hetero) is 1. The molecule has 5 rings (SSSR count). The van der Waals surface area contributed by atoms with Crippen LogP contribution in [0.5, 0.6) is 0 Å². The summed E-state index contributed by atoms with van der Waals surface area (Å²) in [6.07, 6.45) is 1.97. The Morgan fingerprint density at radius 3 is 2.33 bits per heavy atom. The van der Waals surface area contributed by atoms with Gasteiger partial charge in [0.2, 0.25) is 0 Å². The van der Waals surface area contributed by atoms with E-state index >= 15 is 0 Å². The minimum Gasteiger partial charge on any atom is -0.426 e. The molecule has 1 amide bonds. The van der Waals surface area contributed by atoms with Crippen molar-refractivity contribution in [1.82, 2.24) is 4.90 Å². The third-order valence-electron chi connectivity index (χ3n) is 7.12. The van der Waals surface area contributed by atoms with Crippen LogP contribution >= 0.6 is 22.7 Å². The summed E-state index contributed by atoms with van der Waals surface area (Å²) in [6.45, 7) is 7.42. The number of thiophene rings is 2. The van der Waals surface area contributed by atoms with Crippen LogP contribution in [0.4, 0.5) is 0 Å². The van der Waals surface area contributed by atoms with E-state index in [-0.39, 0.29) is 23.5 Å². The lowest BCUT2D eigenvalue weighted by Gasteiger charge is -2.18. The van der Waals surface area contributed by atoms with Crippen LogP contribution in [-0.2, 0) is 9.53 Å². The van der Waals surface area contributed by atoms with Crippen molar-refractivity contribution in [2.75, 3.05) is 13.1 Å². The molecule has 2 unspecified atom stereocenters. The largest absolute Gasteiger partial charge is 0.426 e. The Hall–Kier alpha value is -3.03. The first kappa shape index (κ1) is 24.7. The molecule has 0 N–H and O–H groups in total. The molecule has 3 aromatic rings. The first-order valence-electron chi connectivity index (χ1n) is 12.3. The Morgan fingerprint density at radius 1 is 1.03 bits per heavy atom. The topological polar surface area (TPSA) is 63.7 Å². The zero-order chi connectivity index (χ0) is 25.4. The Kier molecular flexibility index (Phi) is 6.95. The molecule has 2 atom stereocenters. The van der Waals surface area contributed by atoms with Crippen molar-refractivity contribution in [3.05, 3.63) is 84.9 Å². The van der Waals surface area contributed by atoms with Gasteiger partial charge in [-0.2, -0.15) is 0 Å². The predicted octanol–water partition coefficient (Wildman–Crippen LogP) is 6.44. The maximum atomic E-state index is 13.8. The first-order chi connectivity index (χ1) is 17.3. The highest BCUT2D eigenvalue weighted by Crippen LogP contribution is 2.42. The van der Waals surface area contributed by atoms with Gasteiger partial charge in [0.05, 0.1) is 10.5 Å². The van der Waals surface area contributed by atoms with E-state index in [1.165, 1.54) is 22.7 Å². The molecule has 0 radical (unpaired) electrons. The van der Waals surface area contributed by atoms with Crippen molar-refractivity contribution in [2.45, 2.75) is 40.0 Å². The molecule has 2 aromatic heterocycles. The van der Waals surface area contributed by atoms with E-state index in [1.54, 1.807) is 6.07 Å². The molecule has 5 nitrogen and oxygen atoms in total. The van der Waals surface area contributed by atoms with E-state index in [0.29, 0.717) is 42.1 Å². The van der Waals surface area contributed by atoms with Gasteiger partial charge in [0.25, 0.3) is 5.91 Å². The molecule has 3 heterocycles. The Labute approximate surface area is 219 Å². The third-order valence-corrected chi connectivity index (χ3v) is 8.82. The number of hydrogen-bond donors (Lipinski definition) is 0. The maximum absolute atomic E-state index is 13.8. The van der Waals surface area contributed by atoms with Gasteiger partial charge in [0.15, 0.2) is 5.78 Å². The average molecular weight is 520 g/mol. The molecular formula is C29H29NO4S2. The molecule has 2 aliphatic rings. The summed E-state index contributed by atoms with van der Waals surface area (Å²) in [4.78, 5) is 42.6. The summed E-state index contributed by atoms with van der Waals surface area (Å²) < 4.78 is 5.90. The summed E-state index contributed by atoms with van der Waals surface area (Å²) in [5.41, 5.74) is 4.58. The van der Waals surface area contributed by atoms with Crippen LogP contribution in [0.3, 0.4) is 0 Å². The van der Waals surface area contributed by atoms with Gasteiger partial charge in [-0.1, -0.05) is 29.8 Å². The number of nitrogens with zero attached hydrogens (tertiary/aromatic N) is 1. The second kappa shape index (κ2) is 10.1. The fraction of sp³-hybridized carbons (Fsp3) is 0.345. The van der Waals surface area contributed by atoms with Gasteiger partial charge >= 0.3 is 5.97 Å². The van der Waals surface area contributed by atoms with E-state index < -0.39 is 5.97 Å². The summed E-state index contributed by atoms with van der Waals surface area (Å²) in [5, 5.41) is 3.76. The van der Waals surface area contributed by atoms with E-state index in [9.17, 15) is 14.4 Å². The van der Waals surface area contributed by atoms with Crippen LogP contribution in [-0.4, -0.2) is 35.6 Å². The van der Waals surface area contributed by atoms with Crippen LogP contribution in [0, 0.1) is 32.6 Å². The lowest BCUT2D eigenvalue weighted by molar-refractivity contribution is -0.117. The summed E-state index contributed by atoms with van der Waals surface area (Å²) >= 11 is 2.79. The van der Waals surface area contributed by atoms with Crippen molar-refractivity contribution in [3.8, 4) is 0 Å². The van der Waals surface area contributed by atoms with Gasteiger partial charge in [0, 0.05) is 25.4 Å². The van der Waals surface area contributed by atoms with E-state index in [1.807, 2.05) is 54.6 Å². The molecular weight excluding hydrogens is 490 g/mol. The first-order valence-corrected chi connectivity index (χ1v) is 14.0. The molecule has 0 saturated carbocycles. The van der Waals surface area contributed by atoms with Crippen LogP contribution in [0.15, 0.2) is 52.9 Å². The second-order valence-corrected chi connectivity index (χ2v) is 11.7. The molecule has 0 bridgehead atoms. The number of carbonyl (C=O) groups excluding carboxylic acids is 3. The normalized spacial score (nSPS) is 19.9. The van der Waals surface area contributed by atoms with E-state index in [0.717, 1.165) is 33.6 Å². The van der Waals surface area contributed by atoms with Crippen molar-refractivity contribution in [1.29, 1.82) is 0 Å². The number of rotatable bonds is 6. The lowest BCUT2D eigenvalue weighted by atomic mass is 9.87. The van der Waals surface area contributed by atoms with Gasteiger partial charge in [-0.05, 0) is 79.1 Å². The van der Waals surface area contributed by atoms with E-state index in [2.05, 4.69) is 12.1 Å². The summed E-state index contributed by atoms with van der Waals surface area (Å²) in [5.74, 6) is 0.164. The Bertz CT molecular complexity index is 1310. The number of benzene rings is 1. The average Bonchev–Trinajstić information content (AvgIpc) is 3.64. The SMILES string of the molecule is Cc1cc(C)c(C2=C(OC(=O)c3cccs3)CC(CC3CCN(C(=O)c4cccs4)C3)C2=O)c(C)c1. The molecule has 1 saturated heterocycles. The standard InChI is InChI=1S/C29H29NO4S2/c1-17-12-18(2)25(19(3)13-17)26-22(34-29(33)24-7-5-11-36-24)15-21(27(26)31)14-20-8-9-30(16-20)28(32)23-6-4-10-35-23/h4-7,10-13,20-21H,8-9,14-16H2,1-3H3. The number of amides is 1. The van der Waals surface area contributed by atoms with Gasteiger partial charge in [-0.3, -0.25) is 9.59 Å². The van der Waals surface area contributed by atoms with Gasteiger partial charge in [0.1, 0.15) is 10.6 Å². The number of ether oxygens (including phenoxy) is 1. The molecule has 0 spiro atoms. The van der Waals surface area contributed by atoms with Crippen LogP contribution in [0.25, 0.3) is 5.57 Å². The number of aryl methyl sites for hydroxylation is 3. The van der Waals surface area contributed by atoms with Gasteiger partial charge < -0.3 is 9.64 Å². The number of carbonyl (C=O) groups is 3. The highest BCUT2D eigenvalue weighted by Gasteiger charge is 2.40. The zero-order valence-corrected chi connectivity index (χ0v) is 22.3. The fourth-order valence-electron chi connectivity index (χ4n) is 5.60. The van der Waals surface area contributed by atoms with Gasteiger partial charge in [-0.25, -0.2) is 4.79 Å².